The highest BCUT2D eigenvalue weighted by molar-refractivity contribution is 7.80. The van der Waals surface area contributed by atoms with E-state index in [0.29, 0.717) is 5.69 Å². The van der Waals surface area contributed by atoms with Crippen molar-refractivity contribution in [1.82, 2.24) is 10.2 Å². The minimum absolute atomic E-state index is 0.0384. The van der Waals surface area contributed by atoms with E-state index in [1.807, 2.05) is 36.4 Å². The van der Waals surface area contributed by atoms with Crippen molar-refractivity contribution in [2.45, 2.75) is 38.5 Å². The Morgan fingerprint density at radius 1 is 1.05 bits per heavy atom. The van der Waals surface area contributed by atoms with Gasteiger partial charge in [-0.2, -0.15) is 12.6 Å². The van der Waals surface area contributed by atoms with Crippen molar-refractivity contribution in [1.29, 1.82) is 0 Å². The predicted molar refractivity (Wildman–Crippen MR) is 152 cm³/mol. The molecule has 3 N–H and O–H groups in total. The molecule has 0 fully saturated rings. The van der Waals surface area contributed by atoms with Gasteiger partial charge in [-0.3, -0.25) is 9.59 Å². The molecule has 0 aromatic heterocycles. The van der Waals surface area contributed by atoms with Gasteiger partial charge in [0.25, 0.3) is 5.91 Å². The lowest BCUT2D eigenvalue weighted by Gasteiger charge is -2.33. The summed E-state index contributed by atoms with van der Waals surface area (Å²) in [6, 6.07) is 17.2. The van der Waals surface area contributed by atoms with Crippen LogP contribution in [0.2, 0.25) is 0 Å². The fourth-order valence-corrected chi connectivity index (χ4v) is 4.19. The van der Waals surface area contributed by atoms with Crippen LogP contribution in [0.25, 0.3) is 10.8 Å². The molecule has 0 saturated heterocycles. The van der Waals surface area contributed by atoms with Gasteiger partial charge in [-0.15, -0.1) is 6.58 Å². The fourth-order valence-electron chi connectivity index (χ4n) is 3.94. The lowest BCUT2D eigenvalue weighted by molar-refractivity contribution is -0.139. The number of hydrogen-bond acceptors (Lipinski definition) is 6. The van der Waals surface area contributed by atoms with Gasteiger partial charge < -0.3 is 25.4 Å². The second-order valence-corrected chi connectivity index (χ2v) is 10.0. The number of carbonyl (C=O) groups excluding carboxylic acids is 3. The van der Waals surface area contributed by atoms with Crippen molar-refractivity contribution in [2.75, 3.05) is 17.6 Å². The molecule has 8 nitrogen and oxygen atoms in total. The van der Waals surface area contributed by atoms with Gasteiger partial charge in [-0.1, -0.05) is 54.6 Å². The summed E-state index contributed by atoms with van der Waals surface area (Å²) in [5, 5.41) is 18.0. The molecule has 3 amide bonds. The molecule has 3 rings (SSSR count). The second-order valence-electron chi connectivity index (χ2n) is 9.67. The Balaban J connectivity index is 1.97. The molecule has 0 spiro atoms. The third-order valence-corrected chi connectivity index (χ3v) is 5.95. The van der Waals surface area contributed by atoms with Gasteiger partial charge in [0.05, 0.1) is 0 Å². The van der Waals surface area contributed by atoms with E-state index in [2.05, 4.69) is 29.8 Å². The summed E-state index contributed by atoms with van der Waals surface area (Å²) in [7, 11) is 0. The average Bonchev–Trinajstić information content (AvgIpc) is 2.86. The molecule has 0 aliphatic rings. The molecule has 3 aromatic rings. The Morgan fingerprint density at radius 3 is 2.34 bits per heavy atom. The van der Waals surface area contributed by atoms with Crippen molar-refractivity contribution >= 4 is 47.0 Å². The zero-order valence-corrected chi connectivity index (χ0v) is 22.6. The van der Waals surface area contributed by atoms with Crippen LogP contribution in [-0.2, 0) is 14.3 Å². The Labute approximate surface area is 228 Å². The highest BCUT2D eigenvalue weighted by atomic mass is 32.1. The molecular formula is C29H33N3O5S. The first-order valence-corrected chi connectivity index (χ1v) is 12.8. The summed E-state index contributed by atoms with van der Waals surface area (Å²) in [4.78, 5) is 41.1. The molecule has 3 aromatic carbocycles. The smallest absolute Gasteiger partial charge is 0.408 e. The molecule has 2 unspecified atom stereocenters. The summed E-state index contributed by atoms with van der Waals surface area (Å²) in [5.74, 6) is -1.35. The zero-order valence-electron chi connectivity index (χ0n) is 21.7. The highest BCUT2D eigenvalue weighted by Crippen LogP contribution is 2.31. The van der Waals surface area contributed by atoms with E-state index in [9.17, 15) is 19.5 Å². The normalized spacial score (nSPS) is 12.7. The number of aromatic hydroxyl groups is 1. The van der Waals surface area contributed by atoms with Crippen molar-refractivity contribution in [3.63, 3.8) is 0 Å². The number of benzene rings is 3. The SMILES string of the molecule is C=CCN(C(=O)C(CS)NC(=O)OC(C)(C)C)C(C(=O)Nc1ccc2ccccc2c1)c1ccccc1O. The molecule has 0 heterocycles. The summed E-state index contributed by atoms with van der Waals surface area (Å²) < 4.78 is 5.29. The zero-order chi connectivity index (χ0) is 27.9. The molecule has 2 atom stereocenters. The number of phenolic OH excluding ortho intramolecular Hbond substituents is 1. The average molecular weight is 536 g/mol. The van der Waals surface area contributed by atoms with Crippen molar-refractivity contribution in [3.05, 3.63) is 84.9 Å². The number of anilines is 1. The first kappa shape index (κ1) is 28.6. The van der Waals surface area contributed by atoms with Crippen LogP contribution in [0.3, 0.4) is 0 Å². The minimum atomic E-state index is -1.24. The summed E-state index contributed by atoms with van der Waals surface area (Å²) in [6.45, 7) is 8.82. The minimum Gasteiger partial charge on any atom is -0.508 e. The Morgan fingerprint density at radius 2 is 1.71 bits per heavy atom. The van der Waals surface area contributed by atoms with Gasteiger partial charge in [0.2, 0.25) is 5.91 Å². The number of fused-ring (bicyclic) bond motifs is 1. The lowest BCUT2D eigenvalue weighted by Crippen LogP contribution is -2.53. The number of phenols is 1. The van der Waals surface area contributed by atoms with E-state index < -0.39 is 35.6 Å². The van der Waals surface area contributed by atoms with Crippen molar-refractivity contribution < 1.29 is 24.2 Å². The Hall–Kier alpha value is -3.98. The highest BCUT2D eigenvalue weighted by Gasteiger charge is 2.36. The number of rotatable bonds is 9. The Bertz CT molecular complexity index is 1320. The van der Waals surface area contributed by atoms with Gasteiger partial charge in [0, 0.05) is 23.5 Å². The number of thiol groups is 1. The van der Waals surface area contributed by atoms with Crippen LogP contribution in [0.4, 0.5) is 10.5 Å². The number of alkyl carbamates (subject to hydrolysis) is 1. The quantitative estimate of drug-likeness (QED) is 0.226. The van der Waals surface area contributed by atoms with Crippen molar-refractivity contribution in [2.24, 2.45) is 0 Å². The van der Waals surface area contributed by atoms with E-state index in [1.165, 1.54) is 17.0 Å². The van der Waals surface area contributed by atoms with E-state index in [0.717, 1.165) is 10.8 Å². The monoisotopic (exact) mass is 535 g/mol. The van der Waals surface area contributed by atoms with Crippen LogP contribution < -0.4 is 10.6 Å². The Kier molecular flexibility index (Phi) is 9.41. The summed E-state index contributed by atoms with van der Waals surface area (Å²) >= 11 is 4.25. The van der Waals surface area contributed by atoms with Crippen LogP contribution in [0.15, 0.2) is 79.4 Å². The molecule has 200 valence electrons. The number of carbonyl (C=O) groups is 3. The van der Waals surface area contributed by atoms with E-state index in [1.54, 1.807) is 45.0 Å². The van der Waals surface area contributed by atoms with Crippen LogP contribution in [0.5, 0.6) is 5.75 Å². The van der Waals surface area contributed by atoms with Gasteiger partial charge in [-0.25, -0.2) is 4.79 Å². The number of para-hydroxylation sites is 1. The third kappa shape index (κ3) is 7.29. The topological polar surface area (TPSA) is 108 Å². The first-order valence-electron chi connectivity index (χ1n) is 12.1. The van der Waals surface area contributed by atoms with Crippen LogP contribution >= 0.6 is 12.6 Å². The van der Waals surface area contributed by atoms with Gasteiger partial charge in [-0.05, 0) is 49.7 Å². The summed E-state index contributed by atoms with van der Waals surface area (Å²) in [6.07, 6.45) is 0.681. The number of nitrogens with zero attached hydrogens (tertiary/aromatic N) is 1. The molecule has 0 radical (unpaired) electrons. The van der Waals surface area contributed by atoms with Gasteiger partial charge in [0.15, 0.2) is 0 Å². The number of hydrogen-bond donors (Lipinski definition) is 4. The molecular weight excluding hydrogens is 502 g/mol. The number of ether oxygens (including phenoxy) is 1. The molecule has 38 heavy (non-hydrogen) atoms. The van der Waals surface area contributed by atoms with Crippen molar-refractivity contribution in [3.8, 4) is 5.75 Å². The first-order chi connectivity index (χ1) is 18.0. The number of amides is 3. The maximum absolute atomic E-state index is 13.8. The van der Waals surface area contributed by atoms with Crippen LogP contribution in [-0.4, -0.2) is 51.9 Å². The van der Waals surface area contributed by atoms with Crippen LogP contribution in [0, 0.1) is 0 Å². The maximum atomic E-state index is 13.8. The van der Waals surface area contributed by atoms with E-state index in [-0.39, 0.29) is 23.6 Å². The van der Waals surface area contributed by atoms with Crippen LogP contribution in [0.1, 0.15) is 32.4 Å². The molecule has 0 aliphatic heterocycles. The predicted octanol–water partition coefficient (Wildman–Crippen LogP) is 5.06. The number of nitrogens with one attached hydrogen (secondary N) is 2. The second kappa shape index (κ2) is 12.5. The van der Waals surface area contributed by atoms with E-state index >= 15 is 0 Å². The van der Waals surface area contributed by atoms with Gasteiger partial charge >= 0.3 is 6.09 Å². The molecule has 0 bridgehead atoms. The third-order valence-electron chi connectivity index (χ3n) is 5.59. The molecule has 0 aliphatic carbocycles. The molecule has 9 heteroatoms. The summed E-state index contributed by atoms with van der Waals surface area (Å²) in [5.41, 5.74) is -0.0263. The molecule has 0 saturated carbocycles. The maximum Gasteiger partial charge on any atom is 0.408 e. The van der Waals surface area contributed by atoms with E-state index in [4.69, 9.17) is 4.74 Å². The standard InChI is InChI=1S/C29H33N3O5S/c1-5-16-32(27(35)23(18-38)31-28(36)37-29(2,3)4)25(22-12-8-9-13-24(22)33)26(34)30-21-15-14-19-10-6-7-11-20(19)17-21/h5-15,17,23,25,33,38H,1,16,18H2,2-4H3,(H,30,34)(H,31,36). The fraction of sp³-hybridized carbons (Fsp3) is 0.276. The largest absolute Gasteiger partial charge is 0.508 e. The lowest BCUT2D eigenvalue weighted by atomic mass is 10.0. The van der Waals surface area contributed by atoms with Gasteiger partial charge in [0.1, 0.15) is 23.4 Å².